The molecule has 3 rings (SSSR count). The lowest BCUT2D eigenvalue weighted by atomic mass is 9.95. The van der Waals surface area contributed by atoms with E-state index in [2.05, 4.69) is 9.97 Å². The van der Waals surface area contributed by atoms with Crippen LogP contribution in [0.1, 0.15) is 31.9 Å². The van der Waals surface area contributed by atoms with Gasteiger partial charge in [-0.25, -0.2) is 19.1 Å². The second kappa shape index (κ2) is 12.1. The molecule has 2 aromatic rings. The number of hydrogen-bond acceptors (Lipinski definition) is 8. The van der Waals surface area contributed by atoms with Crippen LogP contribution in [-0.2, 0) is 28.1 Å². The Morgan fingerprint density at radius 1 is 1.07 bits per heavy atom. The lowest BCUT2D eigenvalue weighted by Crippen LogP contribution is -2.59. The highest BCUT2D eigenvalue weighted by Crippen LogP contribution is 2.49. The molecule has 17 heteroatoms. The topological polar surface area (TPSA) is 122 Å². The van der Waals surface area contributed by atoms with E-state index in [1.165, 1.54) is 9.80 Å². The summed E-state index contributed by atoms with van der Waals surface area (Å²) in [4.78, 5) is 22.7. The number of hydrogen-bond donors (Lipinski definition) is 1. The number of carbonyl (C=O) groups excluding carboxylic acids is 1. The minimum absolute atomic E-state index is 0.00468. The quantitative estimate of drug-likeness (QED) is 0.373. The zero-order valence-corrected chi connectivity index (χ0v) is 23.0. The van der Waals surface area contributed by atoms with E-state index in [4.69, 9.17) is 4.74 Å². The fraction of sp³-hybridized carbons (Fsp3) is 0.542. The van der Waals surface area contributed by atoms with Crippen LogP contribution in [0.3, 0.4) is 0 Å². The largest absolute Gasteiger partial charge is 0.760 e. The van der Waals surface area contributed by atoms with Gasteiger partial charge in [-0.3, -0.25) is 4.21 Å². The number of piperazine rings is 1. The van der Waals surface area contributed by atoms with E-state index in [9.17, 15) is 45.0 Å². The maximum atomic E-state index is 13.3. The monoisotopic (exact) mass is 612 g/mol. The molecule has 41 heavy (non-hydrogen) atoms. The molecule has 2 heterocycles. The SMILES string of the molecule is CC(C)(C)OC(=O)N1CCN(c2ncc(C(O)(C(F)(F)F)C(F)(F)F)cn2)C(CN(Cc2ccccc2)S(=O)[O-])C1. The van der Waals surface area contributed by atoms with Crippen LogP contribution in [0, 0.1) is 0 Å². The van der Waals surface area contributed by atoms with Gasteiger partial charge < -0.3 is 24.2 Å². The van der Waals surface area contributed by atoms with Gasteiger partial charge in [-0.15, -0.1) is 0 Å². The normalized spacial score (nSPS) is 18.0. The van der Waals surface area contributed by atoms with Gasteiger partial charge in [0, 0.05) is 61.9 Å². The van der Waals surface area contributed by atoms with Crippen molar-refractivity contribution in [3.8, 4) is 0 Å². The number of anilines is 1. The molecule has 1 aliphatic rings. The molecular formula is C24H28F6N5O5S-. The number of nitrogens with zero attached hydrogens (tertiary/aromatic N) is 5. The highest BCUT2D eigenvalue weighted by atomic mass is 32.2. The Morgan fingerprint density at radius 3 is 2.12 bits per heavy atom. The molecule has 10 nitrogen and oxygen atoms in total. The van der Waals surface area contributed by atoms with Crippen molar-refractivity contribution in [2.24, 2.45) is 0 Å². The van der Waals surface area contributed by atoms with Crippen LogP contribution >= 0.6 is 0 Å². The molecule has 1 N–H and O–H groups in total. The summed E-state index contributed by atoms with van der Waals surface area (Å²) in [7, 11) is 0. The van der Waals surface area contributed by atoms with Crippen LogP contribution in [0.4, 0.5) is 37.1 Å². The maximum Gasteiger partial charge on any atom is 0.430 e. The van der Waals surface area contributed by atoms with E-state index in [0.717, 1.165) is 4.31 Å². The van der Waals surface area contributed by atoms with Gasteiger partial charge in [0.25, 0.3) is 5.60 Å². The number of halogens is 6. The van der Waals surface area contributed by atoms with Gasteiger partial charge in [0.15, 0.2) is 0 Å². The van der Waals surface area contributed by atoms with E-state index in [1.807, 2.05) is 0 Å². The highest BCUT2D eigenvalue weighted by Gasteiger charge is 2.71. The summed E-state index contributed by atoms with van der Waals surface area (Å²) in [6, 6.07) is 7.65. The zero-order valence-electron chi connectivity index (χ0n) is 22.1. The van der Waals surface area contributed by atoms with Gasteiger partial charge in [-0.1, -0.05) is 30.3 Å². The summed E-state index contributed by atoms with van der Waals surface area (Å²) >= 11 is -2.75. The molecule has 1 saturated heterocycles. The molecule has 1 aromatic heterocycles. The van der Waals surface area contributed by atoms with Crippen molar-refractivity contribution in [2.45, 2.75) is 56.9 Å². The van der Waals surface area contributed by atoms with Crippen molar-refractivity contribution in [1.29, 1.82) is 0 Å². The number of aromatic nitrogens is 2. The Bertz CT molecular complexity index is 1200. The first-order valence-corrected chi connectivity index (χ1v) is 13.2. The van der Waals surface area contributed by atoms with E-state index in [-0.39, 0.29) is 51.1 Å². The number of carbonyl (C=O) groups is 1. The van der Waals surface area contributed by atoms with E-state index < -0.39 is 52.5 Å². The van der Waals surface area contributed by atoms with Gasteiger partial charge >= 0.3 is 18.4 Å². The molecule has 0 radical (unpaired) electrons. The number of ether oxygens (including phenoxy) is 1. The van der Waals surface area contributed by atoms with Gasteiger partial charge in [-0.05, 0) is 26.3 Å². The standard InChI is InChI=1S/C24H29F6N5O5S/c1-21(2,3)40-20(36)33-9-10-35(18(14-33)15-34(41(38)39)13-16-7-5-4-6-8-16)19-31-11-17(12-32-19)22(37,23(25,26)27)24(28,29)30/h4-8,11-12,18,37H,9-10,13-15H2,1-3H3,(H,38,39)/p-1. The molecule has 0 aliphatic carbocycles. The summed E-state index contributed by atoms with van der Waals surface area (Å²) in [6.45, 7) is 4.47. The number of rotatable bonds is 7. The van der Waals surface area contributed by atoms with Gasteiger partial charge in [0.05, 0.1) is 6.04 Å². The van der Waals surface area contributed by atoms with Crippen LogP contribution in [0.2, 0.25) is 0 Å². The Hall–Kier alpha value is -3.02. The number of aliphatic hydroxyl groups is 1. The fourth-order valence-electron chi connectivity index (χ4n) is 4.11. The Morgan fingerprint density at radius 2 is 1.63 bits per heavy atom. The second-order valence-electron chi connectivity index (χ2n) is 10.3. The molecule has 1 amide bonds. The molecule has 1 fully saturated rings. The van der Waals surface area contributed by atoms with Crippen LogP contribution in [0.15, 0.2) is 42.7 Å². The molecule has 2 atom stereocenters. The first kappa shape index (κ1) is 32.5. The third-order valence-electron chi connectivity index (χ3n) is 6.09. The van der Waals surface area contributed by atoms with E-state index in [0.29, 0.717) is 5.56 Å². The minimum atomic E-state index is -6.12. The molecule has 1 aromatic carbocycles. The lowest BCUT2D eigenvalue weighted by Gasteiger charge is -2.43. The summed E-state index contributed by atoms with van der Waals surface area (Å²) in [5.41, 5.74) is -7.05. The van der Waals surface area contributed by atoms with Crippen molar-refractivity contribution in [2.75, 3.05) is 31.1 Å². The van der Waals surface area contributed by atoms with Crippen molar-refractivity contribution >= 4 is 23.3 Å². The predicted molar refractivity (Wildman–Crippen MR) is 133 cm³/mol. The van der Waals surface area contributed by atoms with E-state index in [1.54, 1.807) is 51.1 Å². The molecule has 228 valence electrons. The summed E-state index contributed by atoms with van der Waals surface area (Å²) in [6.07, 6.45) is -12.5. The molecule has 0 saturated carbocycles. The second-order valence-corrected chi connectivity index (χ2v) is 11.2. The fourth-order valence-corrected chi connectivity index (χ4v) is 4.66. The third-order valence-corrected chi connectivity index (χ3v) is 6.79. The predicted octanol–water partition coefficient (Wildman–Crippen LogP) is 3.51. The molecular weight excluding hydrogens is 584 g/mol. The Kier molecular flexibility index (Phi) is 9.57. The van der Waals surface area contributed by atoms with Crippen LogP contribution in [-0.4, -0.2) is 89.3 Å². The van der Waals surface area contributed by atoms with Crippen LogP contribution < -0.4 is 4.90 Å². The summed E-state index contributed by atoms with van der Waals surface area (Å²) in [5.74, 6) is -0.328. The van der Waals surface area contributed by atoms with Crippen molar-refractivity contribution in [3.05, 3.63) is 53.9 Å². The summed E-state index contributed by atoms with van der Waals surface area (Å²) < 4.78 is 110. The number of benzene rings is 1. The van der Waals surface area contributed by atoms with E-state index >= 15 is 0 Å². The third kappa shape index (κ3) is 7.64. The van der Waals surface area contributed by atoms with Crippen molar-refractivity contribution in [1.82, 2.24) is 19.2 Å². The van der Waals surface area contributed by atoms with Crippen LogP contribution in [0.5, 0.6) is 0 Å². The molecule has 2 unspecified atom stereocenters. The van der Waals surface area contributed by atoms with Crippen molar-refractivity contribution in [3.63, 3.8) is 0 Å². The molecule has 0 spiro atoms. The Balaban J connectivity index is 1.94. The lowest BCUT2D eigenvalue weighted by molar-refractivity contribution is -0.376. The first-order chi connectivity index (χ1) is 18.8. The van der Waals surface area contributed by atoms with Crippen molar-refractivity contribution < 1.29 is 49.7 Å². The van der Waals surface area contributed by atoms with Crippen LogP contribution in [0.25, 0.3) is 0 Å². The minimum Gasteiger partial charge on any atom is -0.760 e. The average Bonchev–Trinajstić information content (AvgIpc) is 2.86. The molecule has 1 aliphatic heterocycles. The number of amides is 1. The van der Waals surface area contributed by atoms with Gasteiger partial charge in [0.2, 0.25) is 5.95 Å². The number of alkyl halides is 6. The molecule has 0 bridgehead atoms. The maximum absolute atomic E-state index is 13.3. The summed E-state index contributed by atoms with van der Waals surface area (Å²) in [5, 5.41) is 9.64. The zero-order chi connectivity index (χ0) is 30.8. The van der Waals surface area contributed by atoms with Gasteiger partial charge in [-0.2, -0.15) is 26.3 Å². The average molecular weight is 613 g/mol. The Labute approximate surface area is 234 Å². The van der Waals surface area contributed by atoms with Gasteiger partial charge in [0.1, 0.15) is 5.60 Å². The smallest absolute Gasteiger partial charge is 0.430 e. The highest BCUT2D eigenvalue weighted by molar-refractivity contribution is 7.76. The first-order valence-electron chi connectivity index (χ1n) is 12.1.